The van der Waals surface area contributed by atoms with Crippen LogP contribution < -0.4 is 4.74 Å². The first-order valence-electron chi connectivity index (χ1n) is 10.3. The van der Waals surface area contributed by atoms with Gasteiger partial charge in [-0.25, -0.2) is 4.98 Å². The van der Waals surface area contributed by atoms with Crippen LogP contribution in [0.4, 0.5) is 0 Å². The number of pyridine rings is 3. The van der Waals surface area contributed by atoms with Crippen molar-refractivity contribution < 1.29 is 9.84 Å². The molecule has 1 aromatic carbocycles. The fraction of sp³-hybridized carbons (Fsp3) is 0.154. The topological polar surface area (TPSA) is 91.9 Å². The van der Waals surface area contributed by atoms with Gasteiger partial charge in [-0.15, -0.1) is 0 Å². The molecule has 4 rings (SSSR count). The first kappa shape index (κ1) is 21.2. The van der Waals surface area contributed by atoms with Gasteiger partial charge in [0.25, 0.3) is 0 Å². The monoisotopic (exact) mass is 422 g/mol. The highest BCUT2D eigenvalue weighted by Gasteiger charge is 2.31. The summed E-state index contributed by atoms with van der Waals surface area (Å²) in [5, 5.41) is 18.8. The molecule has 158 valence electrons. The van der Waals surface area contributed by atoms with E-state index < -0.39 is 0 Å². The summed E-state index contributed by atoms with van der Waals surface area (Å²) in [6.07, 6.45) is 8.86. The number of ether oxygens (including phenoxy) is 1. The van der Waals surface area contributed by atoms with Crippen LogP contribution in [0.25, 0.3) is 0 Å². The Labute approximate surface area is 186 Å². The minimum Gasteiger partial charge on any atom is -0.475 e. The number of aliphatic hydroxyl groups is 1. The molecular weight excluding hydrogens is 400 g/mol. The zero-order chi connectivity index (χ0) is 22.2. The quantitative estimate of drug-likeness (QED) is 0.460. The summed E-state index contributed by atoms with van der Waals surface area (Å²) in [4.78, 5) is 13.2. The van der Waals surface area contributed by atoms with E-state index >= 15 is 0 Å². The summed E-state index contributed by atoms with van der Waals surface area (Å²) in [5.74, 6) is 0.0535. The number of rotatable bonds is 8. The second kappa shape index (κ2) is 10.3. The molecule has 3 aromatic heterocycles. The molecule has 0 aliphatic carbocycles. The van der Waals surface area contributed by atoms with Crippen LogP contribution in [0.2, 0.25) is 0 Å². The molecule has 1 unspecified atom stereocenters. The maximum atomic E-state index is 9.52. The Morgan fingerprint density at radius 3 is 2.16 bits per heavy atom. The lowest BCUT2D eigenvalue weighted by atomic mass is 9.74. The second-order valence-corrected chi connectivity index (χ2v) is 7.24. The van der Waals surface area contributed by atoms with Crippen molar-refractivity contribution in [1.82, 2.24) is 15.0 Å². The van der Waals surface area contributed by atoms with Gasteiger partial charge in [-0.2, -0.15) is 5.26 Å². The first-order chi connectivity index (χ1) is 15.8. The van der Waals surface area contributed by atoms with Gasteiger partial charge in [0, 0.05) is 48.4 Å². The highest BCUT2D eigenvalue weighted by molar-refractivity contribution is 5.48. The maximum absolute atomic E-state index is 9.52. The molecule has 0 aliphatic rings. The van der Waals surface area contributed by atoms with Gasteiger partial charge in [0.15, 0.2) is 0 Å². The molecule has 0 amide bonds. The first-order valence-corrected chi connectivity index (χ1v) is 10.3. The van der Waals surface area contributed by atoms with Crippen molar-refractivity contribution in [3.63, 3.8) is 0 Å². The van der Waals surface area contributed by atoms with Crippen LogP contribution in [-0.2, 0) is 0 Å². The number of aliphatic hydroxyl groups excluding tert-OH is 1. The SMILES string of the molecule is N#Cc1cccc(C(c2cccnc2OCCO)C(c2cccnc2)c2cccnc2)c1. The average molecular weight is 422 g/mol. The summed E-state index contributed by atoms with van der Waals surface area (Å²) < 4.78 is 5.81. The van der Waals surface area contributed by atoms with Crippen molar-refractivity contribution in [1.29, 1.82) is 5.26 Å². The predicted molar refractivity (Wildman–Crippen MR) is 120 cm³/mol. The summed E-state index contributed by atoms with van der Waals surface area (Å²) in [6.45, 7) is 0.0264. The van der Waals surface area contributed by atoms with E-state index in [2.05, 4.69) is 21.0 Å². The Balaban J connectivity index is 1.97. The van der Waals surface area contributed by atoms with Crippen molar-refractivity contribution >= 4 is 0 Å². The molecule has 0 aliphatic heterocycles. The molecule has 0 saturated carbocycles. The highest BCUT2D eigenvalue weighted by Crippen LogP contribution is 2.45. The fourth-order valence-corrected chi connectivity index (χ4v) is 3.95. The number of nitrogens with zero attached hydrogens (tertiary/aromatic N) is 4. The number of hydrogen-bond acceptors (Lipinski definition) is 6. The van der Waals surface area contributed by atoms with Crippen LogP contribution in [0.1, 0.15) is 39.7 Å². The van der Waals surface area contributed by atoms with Crippen LogP contribution in [0, 0.1) is 11.3 Å². The van der Waals surface area contributed by atoms with Gasteiger partial charge in [0.1, 0.15) is 6.61 Å². The Hall–Kier alpha value is -4.08. The maximum Gasteiger partial charge on any atom is 0.217 e. The van der Waals surface area contributed by atoms with Gasteiger partial charge in [-0.05, 0) is 47.0 Å². The lowest BCUT2D eigenvalue weighted by Gasteiger charge is -2.29. The van der Waals surface area contributed by atoms with E-state index in [9.17, 15) is 10.4 Å². The van der Waals surface area contributed by atoms with E-state index in [0.29, 0.717) is 11.4 Å². The molecule has 32 heavy (non-hydrogen) atoms. The predicted octanol–water partition coefficient (Wildman–Crippen LogP) is 4.08. The number of nitriles is 1. The number of hydrogen-bond donors (Lipinski definition) is 1. The third-order valence-corrected chi connectivity index (χ3v) is 5.26. The van der Waals surface area contributed by atoms with Crippen molar-refractivity contribution in [2.45, 2.75) is 11.8 Å². The van der Waals surface area contributed by atoms with Gasteiger partial charge in [-0.3, -0.25) is 9.97 Å². The molecule has 3 heterocycles. The zero-order valence-corrected chi connectivity index (χ0v) is 17.4. The Morgan fingerprint density at radius 1 is 0.844 bits per heavy atom. The van der Waals surface area contributed by atoms with E-state index in [1.165, 1.54) is 0 Å². The summed E-state index contributed by atoms with van der Waals surface area (Å²) in [6, 6.07) is 21.6. The van der Waals surface area contributed by atoms with Crippen LogP contribution in [-0.4, -0.2) is 33.3 Å². The smallest absolute Gasteiger partial charge is 0.217 e. The van der Waals surface area contributed by atoms with Crippen molar-refractivity contribution in [2.75, 3.05) is 13.2 Å². The molecule has 1 N–H and O–H groups in total. The second-order valence-electron chi connectivity index (χ2n) is 7.24. The molecule has 1 atom stereocenters. The highest BCUT2D eigenvalue weighted by atomic mass is 16.5. The molecular formula is C26H22N4O2. The molecule has 0 radical (unpaired) electrons. The minimum atomic E-state index is -0.237. The van der Waals surface area contributed by atoms with Gasteiger partial charge in [-0.1, -0.05) is 30.3 Å². The summed E-state index contributed by atoms with van der Waals surface area (Å²) >= 11 is 0. The molecule has 4 aromatic rings. The standard InChI is InChI=1S/C26H22N4O2/c27-16-19-5-1-6-20(15-19)25(23-9-4-12-30-26(23)32-14-13-31)24(21-7-2-10-28-17-21)22-8-3-11-29-18-22/h1-12,15,17-18,24-25,31H,13-14H2. The van der Waals surface area contributed by atoms with Crippen LogP contribution in [0.5, 0.6) is 5.88 Å². The van der Waals surface area contributed by atoms with Gasteiger partial charge < -0.3 is 9.84 Å². The van der Waals surface area contributed by atoms with E-state index in [0.717, 1.165) is 22.3 Å². The lowest BCUT2D eigenvalue weighted by Crippen LogP contribution is -2.17. The minimum absolute atomic E-state index is 0.112. The van der Waals surface area contributed by atoms with Gasteiger partial charge >= 0.3 is 0 Å². The van der Waals surface area contributed by atoms with E-state index in [4.69, 9.17) is 4.74 Å². The number of aromatic nitrogens is 3. The molecule has 0 saturated heterocycles. The number of benzene rings is 1. The largest absolute Gasteiger partial charge is 0.475 e. The molecule has 0 spiro atoms. The molecule has 0 bridgehead atoms. The van der Waals surface area contributed by atoms with Crippen LogP contribution >= 0.6 is 0 Å². The third kappa shape index (κ3) is 4.64. The Kier molecular flexibility index (Phi) is 6.81. The summed E-state index contributed by atoms with van der Waals surface area (Å²) in [7, 11) is 0. The van der Waals surface area contributed by atoms with Gasteiger partial charge in [0.2, 0.25) is 5.88 Å². The average Bonchev–Trinajstić information content (AvgIpc) is 2.87. The molecule has 6 nitrogen and oxygen atoms in total. The van der Waals surface area contributed by atoms with E-state index in [-0.39, 0.29) is 25.0 Å². The zero-order valence-electron chi connectivity index (χ0n) is 17.4. The third-order valence-electron chi connectivity index (χ3n) is 5.26. The van der Waals surface area contributed by atoms with Crippen LogP contribution in [0.15, 0.2) is 91.6 Å². The van der Waals surface area contributed by atoms with Crippen molar-refractivity contribution in [3.8, 4) is 11.9 Å². The molecule has 0 fully saturated rings. The normalized spacial score (nSPS) is 11.7. The lowest BCUT2D eigenvalue weighted by molar-refractivity contribution is 0.195. The Bertz CT molecular complexity index is 1150. The van der Waals surface area contributed by atoms with E-state index in [1.807, 2.05) is 67.0 Å². The van der Waals surface area contributed by atoms with Crippen molar-refractivity contribution in [3.05, 3.63) is 119 Å². The Morgan fingerprint density at radius 2 is 1.53 bits per heavy atom. The van der Waals surface area contributed by atoms with Crippen LogP contribution in [0.3, 0.4) is 0 Å². The fourth-order valence-electron chi connectivity index (χ4n) is 3.95. The van der Waals surface area contributed by atoms with E-state index in [1.54, 1.807) is 24.7 Å². The summed E-state index contributed by atoms with van der Waals surface area (Å²) in [5.41, 5.74) is 4.39. The molecule has 6 heteroatoms. The van der Waals surface area contributed by atoms with Gasteiger partial charge in [0.05, 0.1) is 18.2 Å². The van der Waals surface area contributed by atoms with Crippen molar-refractivity contribution in [2.24, 2.45) is 0 Å².